The number of rotatable bonds is 5. The van der Waals surface area contributed by atoms with Gasteiger partial charge < -0.3 is 4.52 Å². The van der Waals surface area contributed by atoms with Crippen LogP contribution in [0.15, 0.2) is 28.1 Å². The van der Waals surface area contributed by atoms with Crippen LogP contribution in [0.3, 0.4) is 0 Å². The molecule has 1 aliphatic carbocycles. The van der Waals surface area contributed by atoms with Gasteiger partial charge in [-0.15, -0.1) is 11.3 Å². The molecule has 0 N–H and O–H groups in total. The fraction of sp³-hybridized carbons (Fsp3) is 0.650. The second-order valence-electron chi connectivity index (χ2n) is 7.54. The van der Waals surface area contributed by atoms with Crippen molar-refractivity contribution in [3.8, 4) is 0 Å². The lowest BCUT2D eigenvalue weighted by Crippen LogP contribution is -2.30. The van der Waals surface area contributed by atoms with Gasteiger partial charge in [-0.25, -0.2) is 0 Å². The highest BCUT2D eigenvalue weighted by atomic mass is 32.1. The molecule has 0 bridgehead atoms. The first kappa shape index (κ1) is 17.3. The smallest absolute Gasteiger partial charge is 0.150 e. The van der Waals surface area contributed by atoms with E-state index in [4.69, 9.17) is 4.52 Å². The molecule has 1 saturated carbocycles. The van der Waals surface area contributed by atoms with E-state index in [1.54, 1.807) is 0 Å². The van der Waals surface area contributed by atoms with E-state index in [2.05, 4.69) is 38.5 Å². The first-order valence-corrected chi connectivity index (χ1v) is 10.7. The summed E-state index contributed by atoms with van der Waals surface area (Å²) in [6.45, 7) is 6.61. The lowest BCUT2D eigenvalue weighted by molar-refractivity contribution is 0.225. The van der Waals surface area contributed by atoms with Crippen LogP contribution in [0.25, 0.3) is 0 Å². The summed E-state index contributed by atoms with van der Waals surface area (Å²) >= 11 is 1.86. The maximum atomic E-state index is 5.67. The third-order valence-corrected chi connectivity index (χ3v) is 6.48. The van der Waals surface area contributed by atoms with Crippen LogP contribution in [-0.2, 0) is 13.1 Å². The first-order chi connectivity index (χ1) is 12.4. The van der Waals surface area contributed by atoms with Crippen LogP contribution in [0.5, 0.6) is 0 Å². The van der Waals surface area contributed by atoms with Crippen molar-refractivity contribution in [3.05, 3.63) is 39.9 Å². The number of hydrogen-bond acceptors (Lipinski definition) is 5. The van der Waals surface area contributed by atoms with Crippen LogP contribution in [0, 0.1) is 0 Å². The second-order valence-corrected chi connectivity index (χ2v) is 8.57. The van der Waals surface area contributed by atoms with E-state index in [-0.39, 0.29) is 0 Å². The molecular formula is C20H29N3OS. The quantitative estimate of drug-likeness (QED) is 0.787. The fourth-order valence-corrected chi connectivity index (χ4v) is 4.92. The van der Waals surface area contributed by atoms with Crippen molar-refractivity contribution in [3.63, 3.8) is 0 Å². The minimum atomic E-state index is 0.636. The summed E-state index contributed by atoms with van der Waals surface area (Å²) in [6.07, 6.45) is 7.88. The van der Waals surface area contributed by atoms with Gasteiger partial charge in [-0.05, 0) is 43.8 Å². The van der Waals surface area contributed by atoms with E-state index >= 15 is 0 Å². The Kier molecular flexibility index (Phi) is 5.85. The molecule has 0 spiro atoms. The minimum absolute atomic E-state index is 0.636. The molecule has 4 rings (SSSR count). The highest BCUT2D eigenvalue weighted by molar-refractivity contribution is 7.09. The number of nitrogens with zero attached hydrogens (tertiary/aromatic N) is 3. The highest BCUT2D eigenvalue weighted by Crippen LogP contribution is 2.32. The van der Waals surface area contributed by atoms with Gasteiger partial charge in [0, 0.05) is 36.5 Å². The van der Waals surface area contributed by atoms with E-state index in [0.717, 1.165) is 38.5 Å². The third kappa shape index (κ3) is 4.72. The zero-order chi connectivity index (χ0) is 16.9. The molecule has 4 nitrogen and oxygen atoms in total. The molecule has 136 valence electrons. The van der Waals surface area contributed by atoms with Crippen molar-refractivity contribution in [2.45, 2.75) is 57.5 Å². The van der Waals surface area contributed by atoms with Gasteiger partial charge in [0.15, 0.2) is 5.76 Å². The predicted molar refractivity (Wildman–Crippen MR) is 102 cm³/mol. The Morgan fingerprint density at radius 2 is 1.80 bits per heavy atom. The third-order valence-electron chi connectivity index (χ3n) is 5.62. The summed E-state index contributed by atoms with van der Waals surface area (Å²) in [4.78, 5) is 6.58. The molecular weight excluding hydrogens is 330 g/mol. The highest BCUT2D eigenvalue weighted by Gasteiger charge is 2.21. The van der Waals surface area contributed by atoms with Crippen LogP contribution in [0.2, 0.25) is 0 Å². The SMILES string of the molecule is c1csc(CN2CCCN(Cc3cc(C4CCCCC4)no3)CC2)c1. The fourth-order valence-electron chi connectivity index (χ4n) is 4.18. The lowest BCUT2D eigenvalue weighted by atomic mass is 9.87. The minimum Gasteiger partial charge on any atom is -0.360 e. The second kappa shape index (κ2) is 8.47. The summed E-state index contributed by atoms with van der Waals surface area (Å²) in [5.41, 5.74) is 1.20. The summed E-state index contributed by atoms with van der Waals surface area (Å²) < 4.78 is 5.67. The number of thiophene rings is 1. The molecule has 1 saturated heterocycles. The molecule has 3 heterocycles. The average Bonchev–Trinajstić information content (AvgIpc) is 3.27. The van der Waals surface area contributed by atoms with Crippen molar-refractivity contribution in [2.24, 2.45) is 0 Å². The zero-order valence-corrected chi connectivity index (χ0v) is 15.8. The standard InChI is InChI=1S/C20H29N3OS/c1-2-6-17(7-3-1)20-14-18(24-21-20)15-22-9-5-10-23(12-11-22)16-19-8-4-13-25-19/h4,8,13-14,17H,1-3,5-7,9-12,15-16H2. The van der Waals surface area contributed by atoms with E-state index in [1.807, 2.05) is 11.3 Å². The molecule has 0 atom stereocenters. The molecule has 2 aromatic heterocycles. The summed E-state index contributed by atoms with van der Waals surface area (Å²) in [6, 6.07) is 6.62. The van der Waals surface area contributed by atoms with E-state index in [9.17, 15) is 0 Å². The topological polar surface area (TPSA) is 32.5 Å². The van der Waals surface area contributed by atoms with Gasteiger partial charge in [-0.3, -0.25) is 9.80 Å². The summed E-state index contributed by atoms with van der Waals surface area (Å²) in [5.74, 6) is 1.68. The molecule has 0 aromatic carbocycles. The van der Waals surface area contributed by atoms with Gasteiger partial charge in [0.25, 0.3) is 0 Å². The van der Waals surface area contributed by atoms with Gasteiger partial charge in [-0.1, -0.05) is 30.5 Å². The Labute approximate surface area is 154 Å². The normalized spacial score (nSPS) is 21.4. The Morgan fingerprint density at radius 3 is 2.56 bits per heavy atom. The Bertz CT molecular complexity index is 633. The van der Waals surface area contributed by atoms with E-state index in [1.165, 1.54) is 55.6 Å². The van der Waals surface area contributed by atoms with Crippen molar-refractivity contribution < 1.29 is 4.52 Å². The zero-order valence-electron chi connectivity index (χ0n) is 15.0. The van der Waals surface area contributed by atoms with Gasteiger partial charge in [0.1, 0.15) is 0 Å². The molecule has 2 aromatic rings. The van der Waals surface area contributed by atoms with Gasteiger partial charge in [-0.2, -0.15) is 0 Å². The molecule has 2 aliphatic rings. The summed E-state index contributed by atoms with van der Waals surface area (Å²) in [7, 11) is 0. The lowest BCUT2D eigenvalue weighted by Gasteiger charge is -2.20. The van der Waals surface area contributed by atoms with Crippen LogP contribution in [0.1, 0.15) is 60.8 Å². The molecule has 0 unspecified atom stereocenters. The first-order valence-electron chi connectivity index (χ1n) is 9.79. The van der Waals surface area contributed by atoms with Crippen LogP contribution >= 0.6 is 11.3 Å². The van der Waals surface area contributed by atoms with Crippen molar-refractivity contribution in [1.29, 1.82) is 0 Å². The van der Waals surface area contributed by atoms with Crippen molar-refractivity contribution >= 4 is 11.3 Å². The Balaban J connectivity index is 1.28. The monoisotopic (exact) mass is 359 g/mol. The maximum Gasteiger partial charge on any atom is 0.150 e. The molecule has 1 aliphatic heterocycles. The molecule has 5 heteroatoms. The van der Waals surface area contributed by atoms with Crippen LogP contribution in [0.4, 0.5) is 0 Å². The Hall–Kier alpha value is -1.17. The largest absolute Gasteiger partial charge is 0.360 e. The number of aromatic nitrogens is 1. The van der Waals surface area contributed by atoms with Gasteiger partial charge in [0.2, 0.25) is 0 Å². The van der Waals surface area contributed by atoms with Gasteiger partial charge >= 0.3 is 0 Å². The van der Waals surface area contributed by atoms with Crippen LogP contribution in [-0.4, -0.2) is 41.1 Å². The average molecular weight is 360 g/mol. The van der Waals surface area contributed by atoms with E-state index < -0.39 is 0 Å². The maximum absolute atomic E-state index is 5.67. The predicted octanol–water partition coefficient (Wildman–Crippen LogP) is 4.49. The van der Waals surface area contributed by atoms with E-state index in [0.29, 0.717) is 5.92 Å². The molecule has 25 heavy (non-hydrogen) atoms. The molecule has 0 amide bonds. The molecule has 0 radical (unpaired) electrons. The number of hydrogen-bond donors (Lipinski definition) is 0. The van der Waals surface area contributed by atoms with Gasteiger partial charge in [0.05, 0.1) is 12.2 Å². The summed E-state index contributed by atoms with van der Waals surface area (Å²) in [5, 5.41) is 6.56. The van der Waals surface area contributed by atoms with Crippen molar-refractivity contribution in [1.82, 2.24) is 15.0 Å². The van der Waals surface area contributed by atoms with Crippen molar-refractivity contribution in [2.75, 3.05) is 26.2 Å². The van der Waals surface area contributed by atoms with Crippen LogP contribution < -0.4 is 0 Å². The Morgan fingerprint density at radius 1 is 1.00 bits per heavy atom. The molecule has 2 fully saturated rings.